The number of ether oxygens (including phenoxy) is 1. The predicted octanol–water partition coefficient (Wildman–Crippen LogP) is 2.62. The molecule has 2 rings (SSSR count). The Kier molecular flexibility index (Phi) is 4.21. The fraction of sp³-hybridized carbons (Fsp3) is 0.538. The molecule has 0 aliphatic carbocycles. The zero-order chi connectivity index (χ0) is 11.5. The Morgan fingerprint density at radius 2 is 2.12 bits per heavy atom. The summed E-state index contributed by atoms with van der Waals surface area (Å²) in [7, 11) is 0. The van der Waals surface area contributed by atoms with Crippen molar-refractivity contribution in [2.45, 2.75) is 32.0 Å². The molecule has 1 saturated heterocycles. The van der Waals surface area contributed by atoms with Gasteiger partial charge >= 0.3 is 0 Å². The Hall–Kier alpha value is -0.130. The molecule has 1 heterocycles. The summed E-state index contributed by atoms with van der Waals surface area (Å²) in [4.78, 5) is 0. The molecule has 1 aromatic carbocycles. The summed E-state index contributed by atoms with van der Waals surface area (Å²) in [5, 5.41) is 10.1. The molecule has 0 radical (unpaired) electrons. The SMILES string of the molecule is CC1CC(C(O)Cc2ccc(I)cc2)CO1. The fourth-order valence-corrected chi connectivity index (χ4v) is 2.51. The van der Waals surface area contributed by atoms with Gasteiger partial charge in [0.05, 0.1) is 18.8 Å². The Balaban J connectivity index is 1.91. The van der Waals surface area contributed by atoms with Crippen molar-refractivity contribution < 1.29 is 9.84 Å². The highest BCUT2D eigenvalue weighted by Crippen LogP contribution is 2.24. The molecule has 3 unspecified atom stereocenters. The van der Waals surface area contributed by atoms with Crippen LogP contribution in [-0.2, 0) is 11.2 Å². The van der Waals surface area contributed by atoms with Crippen molar-refractivity contribution >= 4 is 22.6 Å². The van der Waals surface area contributed by atoms with Gasteiger partial charge in [0, 0.05) is 9.49 Å². The summed E-state index contributed by atoms with van der Waals surface area (Å²) < 4.78 is 6.71. The number of rotatable bonds is 3. The summed E-state index contributed by atoms with van der Waals surface area (Å²) in [6.45, 7) is 2.77. The van der Waals surface area contributed by atoms with Crippen LogP contribution in [0.3, 0.4) is 0 Å². The highest BCUT2D eigenvalue weighted by molar-refractivity contribution is 14.1. The minimum absolute atomic E-state index is 0.273. The van der Waals surface area contributed by atoms with Crippen LogP contribution in [-0.4, -0.2) is 23.9 Å². The normalized spacial score (nSPS) is 26.9. The van der Waals surface area contributed by atoms with Crippen LogP contribution in [0.5, 0.6) is 0 Å². The zero-order valence-corrected chi connectivity index (χ0v) is 11.6. The largest absolute Gasteiger partial charge is 0.392 e. The van der Waals surface area contributed by atoms with Crippen LogP contribution in [0, 0.1) is 9.49 Å². The summed E-state index contributed by atoms with van der Waals surface area (Å²) in [6, 6.07) is 8.33. The van der Waals surface area contributed by atoms with Crippen molar-refractivity contribution in [3.63, 3.8) is 0 Å². The van der Waals surface area contributed by atoms with E-state index in [9.17, 15) is 5.11 Å². The minimum Gasteiger partial charge on any atom is -0.392 e. The minimum atomic E-state index is -0.273. The summed E-state index contributed by atoms with van der Waals surface area (Å²) in [5.41, 5.74) is 1.20. The lowest BCUT2D eigenvalue weighted by molar-refractivity contribution is 0.0807. The standard InChI is InChI=1S/C13H17IO2/c1-9-6-11(8-16-9)13(15)7-10-2-4-12(14)5-3-10/h2-5,9,11,13,15H,6-8H2,1H3. The number of hydrogen-bond donors (Lipinski definition) is 1. The molecular weight excluding hydrogens is 315 g/mol. The van der Waals surface area contributed by atoms with Gasteiger partial charge in [-0.2, -0.15) is 0 Å². The highest BCUT2D eigenvalue weighted by atomic mass is 127. The van der Waals surface area contributed by atoms with E-state index in [0.29, 0.717) is 18.6 Å². The van der Waals surface area contributed by atoms with Gasteiger partial charge in [-0.05, 0) is 60.1 Å². The number of aliphatic hydroxyl groups excluding tert-OH is 1. The maximum atomic E-state index is 10.1. The maximum Gasteiger partial charge on any atom is 0.0631 e. The highest BCUT2D eigenvalue weighted by Gasteiger charge is 2.28. The van der Waals surface area contributed by atoms with Crippen LogP contribution < -0.4 is 0 Å². The Bertz CT molecular complexity index is 336. The first-order chi connectivity index (χ1) is 7.65. The second-order valence-corrected chi connectivity index (χ2v) is 5.78. The molecule has 88 valence electrons. The van der Waals surface area contributed by atoms with Gasteiger partial charge in [-0.15, -0.1) is 0 Å². The molecule has 3 heteroatoms. The summed E-state index contributed by atoms with van der Waals surface area (Å²) in [5.74, 6) is 0.300. The molecule has 1 aliphatic heterocycles. The molecule has 0 bridgehead atoms. The Morgan fingerprint density at radius 3 is 2.69 bits per heavy atom. The third kappa shape index (κ3) is 3.18. The average molecular weight is 332 g/mol. The average Bonchev–Trinajstić information content (AvgIpc) is 2.68. The summed E-state index contributed by atoms with van der Waals surface area (Å²) >= 11 is 2.29. The number of hydrogen-bond acceptors (Lipinski definition) is 2. The maximum absolute atomic E-state index is 10.1. The lowest BCUT2D eigenvalue weighted by Crippen LogP contribution is -2.23. The topological polar surface area (TPSA) is 29.5 Å². The lowest BCUT2D eigenvalue weighted by atomic mass is 9.94. The van der Waals surface area contributed by atoms with E-state index in [4.69, 9.17) is 4.74 Å². The molecular formula is C13H17IO2. The zero-order valence-electron chi connectivity index (χ0n) is 9.40. The van der Waals surface area contributed by atoms with Crippen molar-refractivity contribution in [3.8, 4) is 0 Å². The van der Waals surface area contributed by atoms with Crippen molar-refractivity contribution in [1.82, 2.24) is 0 Å². The number of aliphatic hydroxyl groups is 1. The third-order valence-corrected chi connectivity index (χ3v) is 3.85. The van der Waals surface area contributed by atoms with Crippen LogP contribution in [0.4, 0.5) is 0 Å². The van der Waals surface area contributed by atoms with E-state index in [-0.39, 0.29) is 6.10 Å². The molecule has 0 spiro atoms. The molecule has 2 nitrogen and oxygen atoms in total. The van der Waals surface area contributed by atoms with Gasteiger partial charge in [0.25, 0.3) is 0 Å². The van der Waals surface area contributed by atoms with Crippen molar-refractivity contribution in [2.75, 3.05) is 6.61 Å². The number of halogens is 1. The van der Waals surface area contributed by atoms with Gasteiger partial charge in [0.2, 0.25) is 0 Å². The van der Waals surface area contributed by atoms with E-state index in [1.54, 1.807) is 0 Å². The van der Waals surface area contributed by atoms with Crippen LogP contribution in [0.15, 0.2) is 24.3 Å². The number of benzene rings is 1. The van der Waals surface area contributed by atoms with Crippen LogP contribution in [0.1, 0.15) is 18.9 Å². The molecule has 1 fully saturated rings. The Morgan fingerprint density at radius 1 is 1.44 bits per heavy atom. The molecule has 1 aromatic rings. The second kappa shape index (κ2) is 5.47. The molecule has 0 aromatic heterocycles. The van der Waals surface area contributed by atoms with E-state index in [1.165, 1.54) is 9.13 Å². The van der Waals surface area contributed by atoms with Gasteiger partial charge < -0.3 is 9.84 Å². The van der Waals surface area contributed by atoms with E-state index < -0.39 is 0 Å². The van der Waals surface area contributed by atoms with Crippen LogP contribution >= 0.6 is 22.6 Å². The second-order valence-electron chi connectivity index (χ2n) is 4.54. The van der Waals surface area contributed by atoms with Gasteiger partial charge in [-0.25, -0.2) is 0 Å². The predicted molar refractivity (Wildman–Crippen MR) is 72.4 cm³/mol. The molecule has 1 aliphatic rings. The van der Waals surface area contributed by atoms with Gasteiger partial charge in [-0.3, -0.25) is 0 Å². The molecule has 0 amide bonds. The van der Waals surface area contributed by atoms with Crippen LogP contribution in [0.2, 0.25) is 0 Å². The first-order valence-corrected chi connectivity index (χ1v) is 6.77. The van der Waals surface area contributed by atoms with Gasteiger partial charge in [0.15, 0.2) is 0 Å². The van der Waals surface area contributed by atoms with E-state index in [2.05, 4.69) is 53.8 Å². The molecule has 1 N–H and O–H groups in total. The Labute approximate surface area is 110 Å². The monoisotopic (exact) mass is 332 g/mol. The van der Waals surface area contributed by atoms with E-state index in [1.807, 2.05) is 0 Å². The smallest absolute Gasteiger partial charge is 0.0631 e. The van der Waals surface area contributed by atoms with Crippen molar-refractivity contribution in [1.29, 1.82) is 0 Å². The molecule has 16 heavy (non-hydrogen) atoms. The van der Waals surface area contributed by atoms with E-state index in [0.717, 1.165) is 12.8 Å². The van der Waals surface area contributed by atoms with Gasteiger partial charge in [0.1, 0.15) is 0 Å². The fourth-order valence-electron chi connectivity index (χ4n) is 2.15. The van der Waals surface area contributed by atoms with Crippen molar-refractivity contribution in [2.24, 2.45) is 5.92 Å². The lowest BCUT2D eigenvalue weighted by Gasteiger charge is -2.16. The molecule has 3 atom stereocenters. The first-order valence-electron chi connectivity index (χ1n) is 5.69. The summed E-state index contributed by atoms with van der Waals surface area (Å²) in [6.07, 6.45) is 1.74. The quantitative estimate of drug-likeness (QED) is 0.863. The van der Waals surface area contributed by atoms with Crippen LogP contribution in [0.25, 0.3) is 0 Å². The molecule has 0 saturated carbocycles. The van der Waals surface area contributed by atoms with Gasteiger partial charge in [-0.1, -0.05) is 12.1 Å². The van der Waals surface area contributed by atoms with E-state index >= 15 is 0 Å². The third-order valence-electron chi connectivity index (χ3n) is 3.13. The first kappa shape index (κ1) is 12.3. The van der Waals surface area contributed by atoms with Crippen molar-refractivity contribution in [3.05, 3.63) is 33.4 Å².